The van der Waals surface area contributed by atoms with E-state index in [-0.39, 0.29) is 17.8 Å². The highest BCUT2D eigenvalue weighted by atomic mass is 32.1. The maximum atomic E-state index is 13.2. The minimum absolute atomic E-state index is 0.0239. The first kappa shape index (κ1) is 27.1. The zero-order valence-corrected chi connectivity index (χ0v) is 21.5. The molecular formula is C26H31F3N4O3S. The monoisotopic (exact) mass is 536 g/mol. The number of benzene rings is 2. The third kappa shape index (κ3) is 7.10. The van der Waals surface area contributed by atoms with Gasteiger partial charge in [0, 0.05) is 49.7 Å². The van der Waals surface area contributed by atoms with Crippen molar-refractivity contribution in [2.45, 2.75) is 50.9 Å². The van der Waals surface area contributed by atoms with Crippen LogP contribution in [0.1, 0.15) is 36.8 Å². The fourth-order valence-corrected chi connectivity index (χ4v) is 5.12. The Hall–Kier alpha value is -2.92. The molecular weight excluding hydrogens is 505 g/mol. The lowest BCUT2D eigenvalue weighted by atomic mass is 9.92. The van der Waals surface area contributed by atoms with Crippen LogP contribution in [-0.4, -0.2) is 59.7 Å². The molecule has 1 heterocycles. The molecule has 1 N–H and O–H groups in total. The van der Waals surface area contributed by atoms with E-state index in [2.05, 4.69) is 46.3 Å². The summed E-state index contributed by atoms with van der Waals surface area (Å²) in [5.41, 5.74) is 0.511. The van der Waals surface area contributed by atoms with Crippen LogP contribution in [0.2, 0.25) is 0 Å². The largest absolute Gasteiger partial charge is 0.423 e. The van der Waals surface area contributed by atoms with Crippen LogP contribution < -0.4 is 10.2 Å². The lowest BCUT2D eigenvalue weighted by molar-refractivity contribution is -0.388. The van der Waals surface area contributed by atoms with Crippen LogP contribution >= 0.6 is 12.2 Å². The van der Waals surface area contributed by atoms with E-state index in [4.69, 9.17) is 17.0 Å². The minimum Gasteiger partial charge on any atom is -0.382 e. The van der Waals surface area contributed by atoms with Crippen LogP contribution in [0.5, 0.6) is 0 Å². The highest BCUT2D eigenvalue weighted by Gasteiger charge is 2.38. The number of thiocarbonyl (C=S) groups is 1. The fourth-order valence-electron chi connectivity index (χ4n) is 4.87. The minimum atomic E-state index is -4.79. The number of nitrogens with zero attached hydrogens (tertiary/aromatic N) is 3. The van der Waals surface area contributed by atoms with Crippen molar-refractivity contribution in [2.24, 2.45) is 0 Å². The average Bonchev–Trinajstić information content (AvgIpc) is 2.88. The number of alkyl halides is 3. The van der Waals surface area contributed by atoms with E-state index in [1.54, 1.807) is 0 Å². The molecule has 200 valence electrons. The van der Waals surface area contributed by atoms with E-state index < -0.39 is 22.4 Å². The first-order valence-electron chi connectivity index (χ1n) is 12.4. The molecule has 1 aliphatic carbocycles. The summed E-state index contributed by atoms with van der Waals surface area (Å²) in [5, 5.41) is 14.1. The van der Waals surface area contributed by atoms with E-state index in [9.17, 15) is 23.3 Å². The first-order valence-corrected chi connectivity index (χ1v) is 12.8. The van der Waals surface area contributed by atoms with E-state index in [1.165, 1.54) is 17.3 Å². The van der Waals surface area contributed by atoms with Gasteiger partial charge in [0.1, 0.15) is 10.6 Å². The molecule has 2 aromatic carbocycles. The van der Waals surface area contributed by atoms with Crippen molar-refractivity contribution in [3.8, 4) is 0 Å². The van der Waals surface area contributed by atoms with E-state index >= 15 is 0 Å². The SMILES string of the molecule is Cc1ccc(N2CCN(C(=S)COC3CCC(Nc4ccc([N+](=O)[O-])c(C(F)(F)F)c4)CC3)CC2)cc1. The lowest BCUT2D eigenvalue weighted by Gasteiger charge is -2.38. The van der Waals surface area contributed by atoms with Gasteiger partial charge in [-0.1, -0.05) is 29.9 Å². The summed E-state index contributed by atoms with van der Waals surface area (Å²) >= 11 is 5.63. The average molecular weight is 537 g/mol. The normalized spacial score (nSPS) is 20.5. The number of halogens is 3. The van der Waals surface area contributed by atoms with Crippen molar-refractivity contribution in [2.75, 3.05) is 43.0 Å². The molecule has 37 heavy (non-hydrogen) atoms. The first-order chi connectivity index (χ1) is 17.6. The molecule has 0 amide bonds. The highest BCUT2D eigenvalue weighted by Crippen LogP contribution is 2.38. The maximum absolute atomic E-state index is 13.2. The number of anilines is 2. The van der Waals surface area contributed by atoms with E-state index in [1.807, 2.05) is 0 Å². The molecule has 11 heteroatoms. The Balaban J connectivity index is 1.20. The van der Waals surface area contributed by atoms with Crippen molar-refractivity contribution in [1.29, 1.82) is 0 Å². The predicted molar refractivity (Wildman–Crippen MR) is 141 cm³/mol. The third-order valence-electron chi connectivity index (χ3n) is 7.02. The summed E-state index contributed by atoms with van der Waals surface area (Å²) < 4.78 is 45.8. The Morgan fingerprint density at radius 1 is 1.08 bits per heavy atom. The number of ether oxygens (including phenoxy) is 1. The Kier molecular flexibility index (Phi) is 8.53. The number of hydrogen-bond donors (Lipinski definition) is 1. The smallest absolute Gasteiger partial charge is 0.382 e. The van der Waals surface area contributed by atoms with Crippen LogP contribution in [0, 0.1) is 17.0 Å². The van der Waals surface area contributed by atoms with Crippen molar-refractivity contribution in [3.05, 3.63) is 63.7 Å². The predicted octanol–water partition coefficient (Wildman–Crippen LogP) is 5.81. The van der Waals surface area contributed by atoms with Crippen LogP contribution in [0.3, 0.4) is 0 Å². The lowest BCUT2D eigenvalue weighted by Crippen LogP contribution is -2.49. The molecule has 0 unspecified atom stereocenters. The van der Waals surface area contributed by atoms with Crippen molar-refractivity contribution >= 4 is 34.3 Å². The number of nitrogens with one attached hydrogen (secondary N) is 1. The fraction of sp³-hybridized carbons (Fsp3) is 0.500. The van der Waals surface area contributed by atoms with Crippen LogP contribution in [0.4, 0.5) is 30.2 Å². The molecule has 1 saturated heterocycles. The molecule has 1 aliphatic heterocycles. The molecule has 4 rings (SSSR count). The summed E-state index contributed by atoms with van der Waals surface area (Å²) in [7, 11) is 0. The summed E-state index contributed by atoms with van der Waals surface area (Å²) in [6, 6.07) is 11.6. The van der Waals surface area contributed by atoms with Gasteiger partial charge in [0.2, 0.25) is 0 Å². The zero-order chi connectivity index (χ0) is 26.6. The number of aryl methyl sites for hydroxylation is 1. The van der Waals surface area contributed by atoms with Gasteiger partial charge in [-0.15, -0.1) is 0 Å². The number of nitro groups is 1. The molecule has 0 atom stereocenters. The summed E-state index contributed by atoms with van der Waals surface area (Å²) in [6.45, 7) is 5.97. The van der Waals surface area contributed by atoms with Gasteiger partial charge in [0.15, 0.2) is 0 Å². The van der Waals surface area contributed by atoms with Crippen molar-refractivity contribution < 1.29 is 22.8 Å². The second-order valence-electron chi connectivity index (χ2n) is 9.62. The van der Waals surface area contributed by atoms with Gasteiger partial charge >= 0.3 is 6.18 Å². The summed E-state index contributed by atoms with van der Waals surface area (Å²) in [6.07, 6.45) is -1.76. The third-order valence-corrected chi connectivity index (χ3v) is 7.39. The molecule has 0 bridgehead atoms. The molecule has 2 fully saturated rings. The highest BCUT2D eigenvalue weighted by molar-refractivity contribution is 7.80. The molecule has 2 aromatic rings. The van der Waals surface area contributed by atoms with Gasteiger partial charge in [-0.2, -0.15) is 13.2 Å². The van der Waals surface area contributed by atoms with Gasteiger partial charge in [-0.3, -0.25) is 10.1 Å². The quantitative estimate of drug-likeness (QED) is 0.272. The second kappa shape index (κ2) is 11.6. The Morgan fingerprint density at radius 2 is 1.73 bits per heavy atom. The summed E-state index contributed by atoms with van der Waals surface area (Å²) in [5.74, 6) is 0. The molecule has 0 spiro atoms. The van der Waals surface area contributed by atoms with Crippen molar-refractivity contribution in [1.82, 2.24) is 4.90 Å². The van der Waals surface area contributed by atoms with Crippen molar-refractivity contribution in [3.63, 3.8) is 0 Å². The van der Waals surface area contributed by atoms with Crippen LogP contribution in [0.25, 0.3) is 0 Å². The second-order valence-corrected chi connectivity index (χ2v) is 10.1. The Labute approximate surface area is 219 Å². The number of piperazine rings is 1. The zero-order valence-electron chi connectivity index (χ0n) is 20.7. The maximum Gasteiger partial charge on any atom is 0.423 e. The van der Waals surface area contributed by atoms with Gasteiger partial charge < -0.3 is 19.9 Å². The Bertz CT molecular complexity index is 1100. The Morgan fingerprint density at radius 3 is 2.32 bits per heavy atom. The molecule has 1 saturated carbocycles. The molecule has 2 aliphatic rings. The van der Waals surface area contributed by atoms with Gasteiger partial charge in [-0.05, 0) is 56.9 Å². The van der Waals surface area contributed by atoms with Crippen LogP contribution in [-0.2, 0) is 10.9 Å². The van der Waals surface area contributed by atoms with E-state index in [0.717, 1.165) is 69.0 Å². The standard InChI is InChI=1S/C26H31F3N4O3S/c1-18-2-7-21(8-3-18)31-12-14-32(15-13-31)25(37)17-36-22-9-4-19(5-10-22)30-20-6-11-24(33(34)35)23(16-20)26(27,28)29/h2-3,6-8,11,16,19,22,30H,4-5,9-10,12-15,17H2,1H3. The van der Waals surface area contributed by atoms with Gasteiger partial charge in [0.05, 0.1) is 17.6 Å². The number of rotatable bonds is 7. The number of hydrogen-bond acceptors (Lipinski definition) is 6. The molecule has 7 nitrogen and oxygen atoms in total. The topological polar surface area (TPSA) is 70.9 Å². The summed E-state index contributed by atoms with van der Waals surface area (Å²) in [4.78, 5) is 15.3. The molecule has 0 aromatic heterocycles. The van der Waals surface area contributed by atoms with Gasteiger partial charge in [-0.25, -0.2) is 0 Å². The van der Waals surface area contributed by atoms with E-state index in [0.29, 0.717) is 6.61 Å². The van der Waals surface area contributed by atoms with Crippen LogP contribution in [0.15, 0.2) is 42.5 Å². The van der Waals surface area contributed by atoms with Gasteiger partial charge in [0.25, 0.3) is 5.69 Å². The molecule has 0 radical (unpaired) electrons. The number of nitro benzene ring substituents is 1.